The Bertz CT molecular complexity index is 632. The minimum atomic E-state index is -0.833. The van der Waals surface area contributed by atoms with Gasteiger partial charge in [0.25, 0.3) is 0 Å². The first kappa shape index (κ1) is 37.1. The summed E-state index contributed by atoms with van der Waals surface area (Å²) in [5.41, 5.74) is 0. The maximum Gasteiger partial charge on any atom is 0.306 e. The fourth-order valence-electron chi connectivity index (χ4n) is 4.97. The minimum absolute atomic E-state index is 0.489. The molecule has 0 bridgehead atoms. The summed E-state index contributed by atoms with van der Waals surface area (Å²) in [7, 11) is 0. The van der Waals surface area contributed by atoms with Gasteiger partial charge in [-0.1, -0.05) is 97.6 Å². The summed E-state index contributed by atoms with van der Waals surface area (Å²) in [6.07, 6.45) is 22.3. The van der Waals surface area contributed by atoms with E-state index in [9.17, 15) is 29.7 Å². The van der Waals surface area contributed by atoms with Crippen molar-refractivity contribution in [1.82, 2.24) is 0 Å². The molecule has 0 aromatic carbocycles. The molecule has 7 nitrogen and oxygen atoms in total. The zero-order valence-electron chi connectivity index (χ0n) is 25.5. The normalized spacial score (nSPS) is 15.6. The largest absolute Gasteiger partial charge is 0.481 e. The van der Waals surface area contributed by atoms with Gasteiger partial charge in [0.2, 0.25) is 0 Å². The van der Waals surface area contributed by atoms with E-state index < -0.39 is 35.7 Å². The molecule has 0 aromatic heterocycles. The first-order valence-electron chi connectivity index (χ1n) is 15.7. The topological polar surface area (TPSA) is 112 Å². The van der Waals surface area contributed by atoms with Crippen LogP contribution in [0.4, 0.5) is 0 Å². The summed E-state index contributed by atoms with van der Waals surface area (Å²) in [6.45, 7) is 10.0. The van der Waals surface area contributed by atoms with E-state index in [-0.39, 0.29) is 0 Å². The summed E-state index contributed by atoms with van der Waals surface area (Å²) < 4.78 is 0.582. The van der Waals surface area contributed by atoms with Gasteiger partial charge >= 0.3 is 17.9 Å². The van der Waals surface area contributed by atoms with Crippen molar-refractivity contribution in [2.75, 3.05) is 26.2 Å². The molecular formula is C32H60NO6+. The van der Waals surface area contributed by atoms with Gasteiger partial charge in [0.15, 0.2) is 0 Å². The van der Waals surface area contributed by atoms with Crippen LogP contribution in [-0.2, 0) is 14.4 Å². The molecule has 0 heterocycles. The summed E-state index contributed by atoms with van der Waals surface area (Å²) in [6, 6.07) is 0. The van der Waals surface area contributed by atoms with Gasteiger partial charge in [0.05, 0.1) is 43.9 Å². The number of carboxylic acid groups (broad SMARTS) is 3. The van der Waals surface area contributed by atoms with Gasteiger partial charge in [-0.2, -0.15) is 0 Å². The smallest absolute Gasteiger partial charge is 0.306 e. The fourth-order valence-corrected chi connectivity index (χ4v) is 4.97. The predicted octanol–water partition coefficient (Wildman–Crippen LogP) is 7.78. The average molecular weight is 555 g/mol. The molecule has 0 amide bonds. The first-order chi connectivity index (χ1) is 18.5. The quantitative estimate of drug-likeness (QED) is 0.0543. The van der Waals surface area contributed by atoms with E-state index in [1.165, 1.54) is 64.2 Å². The first-order valence-corrected chi connectivity index (χ1v) is 15.7. The molecule has 0 fully saturated rings. The number of carboxylic acids is 3. The molecule has 228 valence electrons. The zero-order valence-corrected chi connectivity index (χ0v) is 25.5. The molecule has 0 aromatic rings. The van der Waals surface area contributed by atoms with E-state index in [0.29, 0.717) is 43.4 Å². The Morgan fingerprint density at radius 1 is 0.538 bits per heavy atom. The number of carbonyl (C=O) groups is 3. The van der Waals surface area contributed by atoms with Crippen molar-refractivity contribution < 1.29 is 34.2 Å². The van der Waals surface area contributed by atoms with Gasteiger partial charge in [-0.3, -0.25) is 14.4 Å². The number of aliphatic carboxylic acids is 3. The van der Waals surface area contributed by atoms with Gasteiger partial charge in [-0.15, -0.1) is 0 Å². The summed E-state index contributed by atoms with van der Waals surface area (Å²) >= 11 is 0. The number of rotatable bonds is 27. The third kappa shape index (κ3) is 19.8. The molecule has 0 saturated heterocycles. The maximum atomic E-state index is 11.5. The molecule has 0 aliphatic rings. The van der Waals surface area contributed by atoms with Crippen LogP contribution < -0.4 is 0 Å². The van der Waals surface area contributed by atoms with Gasteiger partial charge < -0.3 is 19.8 Å². The van der Waals surface area contributed by atoms with Crippen LogP contribution in [0.1, 0.15) is 130 Å². The number of hydrogen-bond donors (Lipinski definition) is 3. The van der Waals surface area contributed by atoms with Crippen LogP contribution in [0.2, 0.25) is 0 Å². The van der Waals surface area contributed by atoms with E-state index in [4.69, 9.17) is 0 Å². The third-order valence-corrected chi connectivity index (χ3v) is 8.27. The average Bonchev–Trinajstić information content (AvgIpc) is 2.90. The monoisotopic (exact) mass is 554 g/mol. The highest BCUT2D eigenvalue weighted by Gasteiger charge is 2.31. The lowest BCUT2D eigenvalue weighted by Gasteiger charge is -2.40. The zero-order chi connectivity index (χ0) is 29.5. The van der Waals surface area contributed by atoms with Crippen molar-refractivity contribution in [2.24, 2.45) is 17.8 Å². The second-order valence-corrected chi connectivity index (χ2v) is 11.9. The Labute approximate surface area is 238 Å². The van der Waals surface area contributed by atoms with Crippen LogP contribution >= 0.6 is 0 Å². The summed E-state index contributed by atoms with van der Waals surface area (Å²) in [5.74, 6) is -3.96. The van der Waals surface area contributed by atoms with E-state index in [0.717, 1.165) is 25.8 Å². The van der Waals surface area contributed by atoms with Crippen molar-refractivity contribution in [1.29, 1.82) is 0 Å². The predicted molar refractivity (Wildman–Crippen MR) is 159 cm³/mol. The van der Waals surface area contributed by atoms with Crippen molar-refractivity contribution in [3.8, 4) is 0 Å². The molecule has 0 spiro atoms. The Balaban J connectivity index is 4.79. The van der Waals surface area contributed by atoms with Crippen molar-refractivity contribution in [3.05, 3.63) is 12.2 Å². The second-order valence-electron chi connectivity index (χ2n) is 11.9. The van der Waals surface area contributed by atoms with Gasteiger partial charge in [0, 0.05) is 25.7 Å². The molecule has 0 saturated carbocycles. The summed E-state index contributed by atoms with van der Waals surface area (Å²) in [4.78, 5) is 34.4. The molecule has 0 aliphatic heterocycles. The lowest BCUT2D eigenvalue weighted by molar-refractivity contribution is -0.929. The van der Waals surface area contributed by atoms with Crippen molar-refractivity contribution in [2.45, 2.75) is 130 Å². The highest BCUT2D eigenvalue weighted by Crippen LogP contribution is 2.21. The Kier molecular flexibility index (Phi) is 21.8. The van der Waals surface area contributed by atoms with E-state index in [1.807, 2.05) is 0 Å². The SMILES string of the molecule is CCCCCCCCCCCC/C=C/CCC[N+](CCC(C)C(=O)O)(CCC(C)C(=O)O)CCC(C)C(=O)O. The standard InChI is InChI=1S/C32H59NO6/c1-5-6-7-8-9-10-11-12-13-14-15-16-17-18-19-23-33(24-20-27(2)30(34)35,25-21-28(3)31(36)37)26-22-29(4)32(38)39/h16-17,27-29H,5-15,18-26H2,1-4H3,(H2-,34,35,36,37,38,39)/p+1/b17-16+. The molecule has 7 heteroatoms. The Morgan fingerprint density at radius 2 is 0.872 bits per heavy atom. The lowest BCUT2D eigenvalue weighted by atomic mass is 10.0. The van der Waals surface area contributed by atoms with Gasteiger partial charge in [-0.05, 0) is 19.3 Å². The van der Waals surface area contributed by atoms with E-state index in [1.54, 1.807) is 20.8 Å². The molecule has 0 aliphatic carbocycles. The minimum Gasteiger partial charge on any atom is -0.481 e. The van der Waals surface area contributed by atoms with Crippen LogP contribution in [0.3, 0.4) is 0 Å². The van der Waals surface area contributed by atoms with Crippen molar-refractivity contribution >= 4 is 17.9 Å². The van der Waals surface area contributed by atoms with Gasteiger partial charge in [-0.25, -0.2) is 0 Å². The van der Waals surface area contributed by atoms with Crippen LogP contribution in [0, 0.1) is 17.8 Å². The highest BCUT2D eigenvalue weighted by atomic mass is 16.4. The summed E-state index contributed by atoms with van der Waals surface area (Å²) in [5, 5.41) is 28.2. The number of quaternary nitrogens is 1. The Hall–Kier alpha value is -1.89. The fraction of sp³-hybridized carbons (Fsp3) is 0.844. The number of nitrogens with zero attached hydrogens (tertiary/aromatic N) is 1. The molecule has 0 radical (unpaired) electrons. The number of hydrogen-bond acceptors (Lipinski definition) is 3. The van der Waals surface area contributed by atoms with E-state index in [2.05, 4.69) is 19.1 Å². The molecule has 3 atom stereocenters. The highest BCUT2D eigenvalue weighted by molar-refractivity contribution is 5.70. The van der Waals surface area contributed by atoms with Crippen LogP contribution in [0.15, 0.2) is 12.2 Å². The molecule has 3 unspecified atom stereocenters. The third-order valence-electron chi connectivity index (χ3n) is 8.27. The molecular weight excluding hydrogens is 494 g/mol. The maximum absolute atomic E-state index is 11.5. The second kappa shape index (κ2) is 22.9. The molecule has 3 N–H and O–H groups in total. The van der Waals surface area contributed by atoms with Gasteiger partial charge in [0.1, 0.15) is 0 Å². The van der Waals surface area contributed by atoms with E-state index >= 15 is 0 Å². The van der Waals surface area contributed by atoms with Crippen molar-refractivity contribution in [3.63, 3.8) is 0 Å². The lowest BCUT2D eigenvalue weighted by Crippen LogP contribution is -2.52. The molecule has 39 heavy (non-hydrogen) atoms. The molecule has 0 rings (SSSR count). The van der Waals surface area contributed by atoms with Crippen LogP contribution in [0.5, 0.6) is 0 Å². The Morgan fingerprint density at radius 3 is 1.23 bits per heavy atom. The number of allylic oxidation sites excluding steroid dienone is 2. The number of unbranched alkanes of at least 4 members (excludes halogenated alkanes) is 11. The van der Waals surface area contributed by atoms with Crippen LogP contribution in [0.25, 0.3) is 0 Å². The van der Waals surface area contributed by atoms with Crippen LogP contribution in [-0.4, -0.2) is 63.9 Å².